The van der Waals surface area contributed by atoms with Crippen molar-refractivity contribution in [2.24, 2.45) is 0 Å². The SMILES string of the molecule is COc1cc(CC(=O)OCC(=O)Nc2ncc(C(F)(F)F)cc2Cl)cc(OC)c1OC. The van der Waals surface area contributed by atoms with Crippen molar-refractivity contribution >= 4 is 29.3 Å². The molecule has 0 bridgehead atoms. The lowest BCUT2D eigenvalue weighted by Gasteiger charge is -2.14. The number of esters is 1. The number of rotatable bonds is 8. The maximum atomic E-state index is 12.6. The van der Waals surface area contributed by atoms with Crippen molar-refractivity contribution in [1.82, 2.24) is 4.98 Å². The molecule has 1 aromatic heterocycles. The van der Waals surface area contributed by atoms with Crippen LogP contribution in [0.2, 0.25) is 5.02 Å². The first-order chi connectivity index (χ1) is 14.6. The van der Waals surface area contributed by atoms with Crippen LogP contribution in [0.3, 0.4) is 0 Å². The molecule has 2 rings (SSSR count). The second-order valence-corrected chi connectivity index (χ2v) is 6.38. The van der Waals surface area contributed by atoms with Gasteiger partial charge >= 0.3 is 12.1 Å². The Kier molecular flexibility index (Phi) is 7.92. The molecular weight excluding hydrogens is 445 g/mol. The van der Waals surface area contributed by atoms with E-state index in [2.05, 4.69) is 10.3 Å². The summed E-state index contributed by atoms with van der Waals surface area (Å²) in [6.07, 6.45) is -4.30. The molecule has 2 aromatic rings. The number of hydrogen-bond donors (Lipinski definition) is 1. The van der Waals surface area contributed by atoms with Crippen LogP contribution in [0.25, 0.3) is 0 Å². The van der Waals surface area contributed by atoms with Gasteiger partial charge in [-0.15, -0.1) is 0 Å². The lowest BCUT2D eigenvalue weighted by atomic mass is 10.1. The van der Waals surface area contributed by atoms with Gasteiger partial charge < -0.3 is 24.3 Å². The van der Waals surface area contributed by atoms with Gasteiger partial charge in [0.2, 0.25) is 5.75 Å². The average molecular weight is 463 g/mol. The van der Waals surface area contributed by atoms with E-state index in [1.165, 1.54) is 21.3 Å². The van der Waals surface area contributed by atoms with Gasteiger partial charge in [-0.2, -0.15) is 13.2 Å². The molecule has 168 valence electrons. The second kappa shape index (κ2) is 10.2. The van der Waals surface area contributed by atoms with E-state index in [1.54, 1.807) is 12.1 Å². The van der Waals surface area contributed by atoms with Gasteiger partial charge in [0.05, 0.1) is 38.3 Å². The highest BCUT2D eigenvalue weighted by Crippen LogP contribution is 2.38. The van der Waals surface area contributed by atoms with Crippen molar-refractivity contribution in [3.63, 3.8) is 0 Å². The van der Waals surface area contributed by atoms with Crippen LogP contribution < -0.4 is 19.5 Å². The fourth-order valence-corrected chi connectivity index (χ4v) is 2.67. The molecule has 1 amide bonds. The molecule has 0 saturated carbocycles. The van der Waals surface area contributed by atoms with E-state index in [-0.39, 0.29) is 12.2 Å². The Balaban J connectivity index is 1.97. The lowest BCUT2D eigenvalue weighted by molar-refractivity contribution is -0.146. The number of nitrogens with one attached hydrogen (secondary N) is 1. The van der Waals surface area contributed by atoms with E-state index in [9.17, 15) is 22.8 Å². The van der Waals surface area contributed by atoms with Crippen molar-refractivity contribution in [3.8, 4) is 17.2 Å². The molecule has 0 unspecified atom stereocenters. The van der Waals surface area contributed by atoms with Gasteiger partial charge in [0.25, 0.3) is 5.91 Å². The standard InChI is InChI=1S/C19H18ClF3N2O6/c1-28-13-4-10(5-14(29-2)17(13)30-3)6-16(27)31-9-15(26)25-18-12(20)7-11(8-24-18)19(21,22)23/h4-5,7-8H,6,9H2,1-3H3,(H,24,25,26). The first kappa shape index (κ1) is 24.1. The highest BCUT2D eigenvalue weighted by molar-refractivity contribution is 6.33. The molecule has 12 heteroatoms. The Labute approximate surface area is 180 Å². The zero-order valence-electron chi connectivity index (χ0n) is 16.6. The van der Waals surface area contributed by atoms with Crippen LogP contribution in [0.15, 0.2) is 24.4 Å². The molecule has 0 spiro atoms. The molecule has 0 atom stereocenters. The topological polar surface area (TPSA) is 96.0 Å². The molecule has 0 saturated heterocycles. The molecule has 31 heavy (non-hydrogen) atoms. The monoisotopic (exact) mass is 462 g/mol. The average Bonchev–Trinajstić information content (AvgIpc) is 2.72. The molecule has 8 nitrogen and oxygen atoms in total. The summed E-state index contributed by atoms with van der Waals surface area (Å²) in [5.74, 6) is -0.832. The van der Waals surface area contributed by atoms with E-state index in [0.29, 0.717) is 35.1 Å². The molecule has 0 fully saturated rings. The molecule has 1 heterocycles. The Hall–Kier alpha value is -3.21. The molecule has 1 aromatic carbocycles. The number of amides is 1. The third kappa shape index (κ3) is 6.38. The first-order valence-electron chi connectivity index (χ1n) is 8.56. The van der Waals surface area contributed by atoms with Crippen LogP contribution in [-0.2, 0) is 26.9 Å². The lowest BCUT2D eigenvalue weighted by Crippen LogP contribution is -2.22. The normalized spacial score (nSPS) is 10.9. The molecule has 0 aliphatic rings. The van der Waals surface area contributed by atoms with Crippen molar-refractivity contribution in [1.29, 1.82) is 0 Å². The second-order valence-electron chi connectivity index (χ2n) is 5.97. The molecule has 1 N–H and O–H groups in total. The summed E-state index contributed by atoms with van der Waals surface area (Å²) in [5.41, 5.74) is -0.584. The van der Waals surface area contributed by atoms with Crippen LogP contribution in [0.1, 0.15) is 11.1 Å². The third-order valence-electron chi connectivity index (χ3n) is 3.86. The number of pyridine rings is 1. The minimum atomic E-state index is -4.62. The fourth-order valence-electron chi connectivity index (χ4n) is 2.45. The number of carbonyl (C=O) groups is 2. The zero-order valence-corrected chi connectivity index (χ0v) is 17.4. The van der Waals surface area contributed by atoms with Crippen LogP contribution >= 0.6 is 11.6 Å². The largest absolute Gasteiger partial charge is 0.493 e. The van der Waals surface area contributed by atoms with Crippen molar-refractivity contribution in [3.05, 3.63) is 40.5 Å². The summed E-state index contributed by atoms with van der Waals surface area (Å²) in [6.45, 7) is -0.692. The maximum absolute atomic E-state index is 12.6. The quantitative estimate of drug-likeness (QED) is 0.600. The summed E-state index contributed by atoms with van der Waals surface area (Å²) in [6, 6.07) is 3.73. The number of benzene rings is 1. The van der Waals surface area contributed by atoms with Gasteiger partial charge in [0, 0.05) is 6.20 Å². The number of nitrogens with zero attached hydrogens (tertiary/aromatic N) is 1. The Bertz CT molecular complexity index is 943. The predicted octanol–water partition coefficient (Wildman–Crippen LogP) is 3.50. The molecule has 0 aliphatic carbocycles. The van der Waals surface area contributed by atoms with Crippen LogP contribution in [-0.4, -0.2) is 44.8 Å². The number of hydrogen-bond acceptors (Lipinski definition) is 7. The van der Waals surface area contributed by atoms with E-state index in [4.69, 9.17) is 30.5 Å². The number of halogens is 4. The van der Waals surface area contributed by atoms with Crippen LogP contribution in [0.5, 0.6) is 17.2 Å². The molecule has 0 aliphatic heterocycles. The van der Waals surface area contributed by atoms with Crippen molar-refractivity contribution in [2.45, 2.75) is 12.6 Å². The van der Waals surface area contributed by atoms with Gasteiger partial charge in [0.15, 0.2) is 23.9 Å². The molecular formula is C19H18ClF3N2O6. The Morgan fingerprint density at radius 1 is 1.06 bits per heavy atom. The van der Waals surface area contributed by atoms with E-state index >= 15 is 0 Å². The van der Waals surface area contributed by atoms with Crippen molar-refractivity contribution < 1.29 is 41.7 Å². The van der Waals surface area contributed by atoms with Gasteiger partial charge in [-0.3, -0.25) is 9.59 Å². The number of anilines is 1. The van der Waals surface area contributed by atoms with Gasteiger partial charge in [-0.25, -0.2) is 4.98 Å². The summed E-state index contributed by atoms with van der Waals surface area (Å²) < 4.78 is 58.3. The van der Waals surface area contributed by atoms with Gasteiger partial charge in [0.1, 0.15) is 0 Å². The number of aromatic nitrogens is 1. The highest BCUT2D eigenvalue weighted by atomic mass is 35.5. The van der Waals surface area contributed by atoms with E-state index in [0.717, 1.165) is 0 Å². The zero-order chi connectivity index (χ0) is 23.2. The number of carbonyl (C=O) groups excluding carboxylic acids is 2. The van der Waals surface area contributed by atoms with Crippen LogP contribution in [0.4, 0.5) is 19.0 Å². The van der Waals surface area contributed by atoms with E-state index in [1.807, 2.05) is 0 Å². The number of alkyl halides is 3. The smallest absolute Gasteiger partial charge is 0.417 e. The minimum absolute atomic E-state index is 0.205. The van der Waals surface area contributed by atoms with Gasteiger partial charge in [-0.1, -0.05) is 11.6 Å². The number of ether oxygens (including phenoxy) is 4. The molecule has 0 radical (unpaired) electrons. The van der Waals surface area contributed by atoms with Gasteiger partial charge in [-0.05, 0) is 23.8 Å². The summed E-state index contributed by atoms with van der Waals surface area (Å²) in [7, 11) is 4.28. The van der Waals surface area contributed by atoms with Crippen LogP contribution in [0, 0.1) is 0 Å². The minimum Gasteiger partial charge on any atom is -0.493 e. The van der Waals surface area contributed by atoms with E-state index < -0.39 is 35.2 Å². The number of methoxy groups -OCH3 is 3. The highest BCUT2D eigenvalue weighted by Gasteiger charge is 2.31. The Morgan fingerprint density at radius 3 is 2.16 bits per heavy atom. The fraction of sp³-hybridized carbons (Fsp3) is 0.316. The Morgan fingerprint density at radius 2 is 1.68 bits per heavy atom. The van der Waals surface area contributed by atoms with Crippen molar-refractivity contribution in [2.75, 3.05) is 33.3 Å². The summed E-state index contributed by atoms with van der Waals surface area (Å²) >= 11 is 5.71. The predicted molar refractivity (Wildman–Crippen MR) is 104 cm³/mol. The summed E-state index contributed by atoms with van der Waals surface area (Å²) in [4.78, 5) is 27.5. The maximum Gasteiger partial charge on any atom is 0.417 e. The third-order valence-corrected chi connectivity index (χ3v) is 4.15. The summed E-state index contributed by atoms with van der Waals surface area (Å²) in [5, 5.41) is 1.77. The first-order valence-corrected chi connectivity index (χ1v) is 8.94.